The largest absolute Gasteiger partial charge is 0.376 e. The first-order valence-corrected chi connectivity index (χ1v) is 5.19. The summed E-state index contributed by atoms with van der Waals surface area (Å²) in [5.41, 5.74) is 0.000679. The average molecular weight is 193 g/mol. The Hall–Kier alpha value is 0.250. The lowest BCUT2D eigenvalue weighted by molar-refractivity contribution is -0.00857. The molecule has 0 saturated carbocycles. The van der Waals surface area contributed by atoms with E-state index in [-0.39, 0.29) is 5.60 Å². The molecule has 0 aromatic heterocycles. The summed E-state index contributed by atoms with van der Waals surface area (Å²) >= 11 is 5.62. The maximum Gasteiger partial charge on any atom is 0.0598 e. The number of rotatable bonds is 5. The zero-order valence-corrected chi connectivity index (χ0v) is 9.45. The SMILES string of the molecule is CC(CCCl)CCOC(C)(C)C. The van der Waals surface area contributed by atoms with Crippen molar-refractivity contribution in [1.29, 1.82) is 0 Å². The molecule has 0 amide bonds. The summed E-state index contributed by atoms with van der Waals surface area (Å²) in [7, 11) is 0. The van der Waals surface area contributed by atoms with E-state index in [1.165, 1.54) is 0 Å². The lowest BCUT2D eigenvalue weighted by Crippen LogP contribution is -2.20. The van der Waals surface area contributed by atoms with E-state index >= 15 is 0 Å². The molecule has 0 aromatic carbocycles. The molecule has 0 aromatic rings. The van der Waals surface area contributed by atoms with Crippen LogP contribution in [0.4, 0.5) is 0 Å². The van der Waals surface area contributed by atoms with Gasteiger partial charge in [-0.05, 0) is 39.5 Å². The van der Waals surface area contributed by atoms with Crippen molar-refractivity contribution < 1.29 is 4.74 Å². The Morgan fingerprint density at radius 3 is 2.25 bits per heavy atom. The molecule has 0 saturated heterocycles. The Bertz CT molecular complexity index is 107. The van der Waals surface area contributed by atoms with Crippen molar-refractivity contribution in [3.63, 3.8) is 0 Å². The summed E-state index contributed by atoms with van der Waals surface area (Å²) in [4.78, 5) is 0. The van der Waals surface area contributed by atoms with Gasteiger partial charge in [0.2, 0.25) is 0 Å². The van der Waals surface area contributed by atoms with Gasteiger partial charge in [-0.3, -0.25) is 0 Å². The fraction of sp³-hybridized carbons (Fsp3) is 1.00. The van der Waals surface area contributed by atoms with E-state index in [9.17, 15) is 0 Å². The maximum absolute atomic E-state index is 5.62. The second kappa shape index (κ2) is 5.82. The van der Waals surface area contributed by atoms with E-state index in [1.54, 1.807) is 0 Å². The second-order valence-corrected chi connectivity index (χ2v) is 4.71. The fourth-order valence-corrected chi connectivity index (χ4v) is 1.27. The summed E-state index contributed by atoms with van der Waals surface area (Å²) in [5.74, 6) is 1.45. The van der Waals surface area contributed by atoms with Gasteiger partial charge in [-0.25, -0.2) is 0 Å². The average Bonchev–Trinajstić information content (AvgIpc) is 1.84. The predicted octanol–water partition coefficient (Wildman–Crippen LogP) is 3.46. The Kier molecular flexibility index (Phi) is 5.94. The molecule has 0 aliphatic carbocycles. The zero-order chi connectivity index (χ0) is 9.61. The first-order valence-electron chi connectivity index (χ1n) is 4.65. The molecule has 1 unspecified atom stereocenters. The summed E-state index contributed by atoms with van der Waals surface area (Å²) in [6, 6.07) is 0. The van der Waals surface area contributed by atoms with Crippen LogP contribution >= 0.6 is 11.6 Å². The minimum absolute atomic E-state index is 0.000679. The third-order valence-corrected chi connectivity index (χ3v) is 1.97. The van der Waals surface area contributed by atoms with Crippen molar-refractivity contribution in [1.82, 2.24) is 0 Å². The lowest BCUT2D eigenvalue weighted by atomic mass is 10.1. The van der Waals surface area contributed by atoms with Gasteiger partial charge in [0.1, 0.15) is 0 Å². The van der Waals surface area contributed by atoms with Gasteiger partial charge in [-0.1, -0.05) is 6.92 Å². The quantitative estimate of drug-likeness (QED) is 0.607. The monoisotopic (exact) mass is 192 g/mol. The van der Waals surface area contributed by atoms with Crippen LogP contribution in [0.1, 0.15) is 40.5 Å². The number of hydrogen-bond acceptors (Lipinski definition) is 1. The molecular formula is C10H21ClO. The standard InChI is InChI=1S/C10H21ClO/c1-9(5-7-11)6-8-12-10(2,3)4/h9H,5-8H2,1-4H3. The van der Waals surface area contributed by atoms with Gasteiger partial charge in [-0.15, -0.1) is 11.6 Å². The Morgan fingerprint density at radius 2 is 1.83 bits per heavy atom. The molecule has 0 heterocycles. The van der Waals surface area contributed by atoms with Crippen LogP contribution in [0.2, 0.25) is 0 Å². The van der Waals surface area contributed by atoms with E-state index in [0.29, 0.717) is 5.92 Å². The van der Waals surface area contributed by atoms with Crippen molar-refractivity contribution >= 4 is 11.6 Å². The van der Waals surface area contributed by atoms with Crippen LogP contribution in [0.25, 0.3) is 0 Å². The van der Waals surface area contributed by atoms with Gasteiger partial charge in [-0.2, -0.15) is 0 Å². The van der Waals surface area contributed by atoms with Gasteiger partial charge in [0.05, 0.1) is 5.60 Å². The molecule has 0 fully saturated rings. The second-order valence-electron chi connectivity index (χ2n) is 4.33. The fourth-order valence-electron chi connectivity index (χ4n) is 0.897. The Morgan fingerprint density at radius 1 is 1.25 bits per heavy atom. The van der Waals surface area contributed by atoms with E-state index in [4.69, 9.17) is 16.3 Å². The predicted molar refractivity (Wildman–Crippen MR) is 54.8 cm³/mol. The molecule has 0 N–H and O–H groups in total. The number of hydrogen-bond donors (Lipinski definition) is 0. The summed E-state index contributed by atoms with van der Waals surface area (Å²) in [6.45, 7) is 9.31. The smallest absolute Gasteiger partial charge is 0.0598 e. The van der Waals surface area contributed by atoms with E-state index in [0.717, 1.165) is 25.3 Å². The summed E-state index contributed by atoms with van der Waals surface area (Å²) in [5, 5.41) is 0. The number of alkyl halides is 1. The molecule has 0 aliphatic heterocycles. The first-order chi connectivity index (χ1) is 5.45. The van der Waals surface area contributed by atoms with Crippen molar-refractivity contribution in [3.05, 3.63) is 0 Å². The van der Waals surface area contributed by atoms with Crippen molar-refractivity contribution in [2.45, 2.75) is 46.1 Å². The van der Waals surface area contributed by atoms with Gasteiger partial charge >= 0.3 is 0 Å². The van der Waals surface area contributed by atoms with Gasteiger partial charge in [0, 0.05) is 12.5 Å². The van der Waals surface area contributed by atoms with Crippen LogP contribution in [0.3, 0.4) is 0 Å². The molecule has 74 valence electrons. The minimum atomic E-state index is 0.000679. The van der Waals surface area contributed by atoms with E-state index < -0.39 is 0 Å². The van der Waals surface area contributed by atoms with Gasteiger partial charge < -0.3 is 4.74 Å². The summed E-state index contributed by atoms with van der Waals surface area (Å²) in [6.07, 6.45) is 2.21. The molecule has 1 atom stereocenters. The molecule has 1 nitrogen and oxygen atoms in total. The van der Waals surface area contributed by atoms with Crippen LogP contribution in [0.5, 0.6) is 0 Å². The molecule has 0 radical (unpaired) electrons. The van der Waals surface area contributed by atoms with Crippen LogP contribution in [-0.4, -0.2) is 18.1 Å². The molecule has 0 bridgehead atoms. The zero-order valence-electron chi connectivity index (χ0n) is 8.69. The molecule has 2 heteroatoms. The van der Waals surface area contributed by atoms with Crippen LogP contribution in [-0.2, 0) is 4.74 Å². The molecule has 12 heavy (non-hydrogen) atoms. The van der Waals surface area contributed by atoms with Crippen molar-refractivity contribution in [2.75, 3.05) is 12.5 Å². The third-order valence-electron chi connectivity index (χ3n) is 1.75. The minimum Gasteiger partial charge on any atom is -0.376 e. The maximum atomic E-state index is 5.62. The van der Waals surface area contributed by atoms with Crippen molar-refractivity contribution in [2.24, 2.45) is 5.92 Å². The number of halogens is 1. The highest BCUT2D eigenvalue weighted by molar-refractivity contribution is 6.17. The third kappa shape index (κ3) is 8.35. The van der Waals surface area contributed by atoms with Crippen LogP contribution < -0.4 is 0 Å². The molecule has 0 spiro atoms. The highest BCUT2D eigenvalue weighted by Gasteiger charge is 2.10. The summed E-state index contributed by atoms with van der Waals surface area (Å²) < 4.78 is 5.60. The van der Waals surface area contributed by atoms with Crippen LogP contribution in [0, 0.1) is 5.92 Å². The number of ether oxygens (including phenoxy) is 1. The molecular weight excluding hydrogens is 172 g/mol. The van der Waals surface area contributed by atoms with E-state index in [2.05, 4.69) is 27.7 Å². The van der Waals surface area contributed by atoms with E-state index in [1.807, 2.05) is 0 Å². The Balaban J connectivity index is 3.31. The molecule has 0 rings (SSSR count). The highest BCUT2D eigenvalue weighted by Crippen LogP contribution is 2.12. The van der Waals surface area contributed by atoms with Crippen molar-refractivity contribution in [3.8, 4) is 0 Å². The van der Waals surface area contributed by atoms with Gasteiger partial charge in [0.15, 0.2) is 0 Å². The van der Waals surface area contributed by atoms with Crippen LogP contribution in [0.15, 0.2) is 0 Å². The Labute approximate surface area is 81.4 Å². The lowest BCUT2D eigenvalue weighted by Gasteiger charge is -2.20. The normalized spacial score (nSPS) is 14.8. The van der Waals surface area contributed by atoms with Gasteiger partial charge in [0.25, 0.3) is 0 Å². The highest BCUT2D eigenvalue weighted by atomic mass is 35.5. The molecule has 0 aliphatic rings. The topological polar surface area (TPSA) is 9.23 Å². The first kappa shape index (κ1) is 12.2.